The molecule has 0 unspecified atom stereocenters. The highest BCUT2D eigenvalue weighted by Gasteiger charge is 2.18. The maximum absolute atomic E-state index is 13.9. The molecule has 0 spiro atoms. The molecule has 2 aromatic rings. The fourth-order valence-corrected chi connectivity index (χ4v) is 2.37. The van der Waals surface area contributed by atoms with E-state index in [1.54, 1.807) is 6.07 Å². The van der Waals surface area contributed by atoms with E-state index in [4.69, 9.17) is 19.9 Å². The lowest BCUT2D eigenvalue weighted by Gasteiger charge is -2.14. The molecule has 0 saturated carbocycles. The van der Waals surface area contributed by atoms with Crippen molar-refractivity contribution in [1.82, 2.24) is 0 Å². The van der Waals surface area contributed by atoms with Gasteiger partial charge in [-0.1, -0.05) is 12.1 Å². The van der Waals surface area contributed by atoms with Crippen molar-refractivity contribution in [2.24, 2.45) is 5.73 Å². The van der Waals surface area contributed by atoms with Crippen LogP contribution in [0.15, 0.2) is 42.0 Å². The summed E-state index contributed by atoms with van der Waals surface area (Å²) in [4.78, 5) is 23.4. The number of ether oxygens (including phenoxy) is 3. The lowest BCUT2D eigenvalue weighted by molar-refractivity contribution is -0.120. The first-order valence-electron chi connectivity index (χ1n) is 7.99. The molecule has 1 amide bonds. The van der Waals surface area contributed by atoms with Gasteiger partial charge in [0.2, 0.25) is 11.5 Å². The number of primary amides is 1. The second-order valence-corrected chi connectivity index (χ2v) is 5.49. The number of hydrogen-bond acceptors (Lipinski definition) is 6. The molecule has 0 bridgehead atoms. The number of nitriles is 1. The van der Waals surface area contributed by atoms with Crippen molar-refractivity contribution < 1.29 is 28.2 Å². The van der Waals surface area contributed by atoms with Gasteiger partial charge in [-0.3, -0.25) is 9.59 Å². The van der Waals surface area contributed by atoms with Crippen LogP contribution in [0.2, 0.25) is 0 Å². The SMILES string of the molecule is COc1cc(/C=C(\C#N)C(=O)c2ccccc2F)cc(OC)c1OCC(N)=O. The van der Waals surface area contributed by atoms with Crippen LogP contribution in [0, 0.1) is 17.1 Å². The molecular formula is C20H17FN2O5. The molecular weight excluding hydrogens is 367 g/mol. The molecule has 2 rings (SSSR count). The third-order valence-corrected chi connectivity index (χ3v) is 3.64. The van der Waals surface area contributed by atoms with Crippen LogP contribution in [0.25, 0.3) is 6.08 Å². The molecule has 0 aromatic heterocycles. The number of carbonyl (C=O) groups excluding carboxylic acids is 2. The van der Waals surface area contributed by atoms with Crippen molar-refractivity contribution in [3.05, 3.63) is 58.9 Å². The largest absolute Gasteiger partial charge is 0.493 e. The average molecular weight is 384 g/mol. The minimum atomic E-state index is -0.757. The van der Waals surface area contributed by atoms with Crippen LogP contribution in [0.1, 0.15) is 15.9 Å². The zero-order valence-electron chi connectivity index (χ0n) is 15.2. The average Bonchev–Trinajstić information content (AvgIpc) is 2.69. The maximum atomic E-state index is 13.9. The van der Waals surface area contributed by atoms with Gasteiger partial charge in [0.1, 0.15) is 17.5 Å². The molecule has 144 valence electrons. The van der Waals surface area contributed by atoms with Gasteiger partial charge in [0.05, 0.1) is 19.8 Å². The first kappa shape index (κ1) is 20.5. The molecule has 2 N–H and O–H groups in total. The molecule has 7 nitrogen and oxygen atoms in total. The van der Waals surface area contributed by atoms with E-state index in [9.17, 15) is 19.2 Å². The number of nitrogens with zero attached hydrogens (tertiary/aromatic N) is 1. The number of benzene rings is 2. The first-order valence-corrected chi connectivity index (χ1v) is 7.99. The lowest BCUT2D eigenvalue weighted by atomic mass is 10.0. The summed E-state index contributed by atoms with van der Waals surface area (Å²) in [6, 6.07) is 10.1. The van der Waals surface area contributed by atoms with Crippen LogP contribution in [0.3, 0.4) is 0 Å². The Labute approximate surface area is 160 Å². The molecule has 0 aliphatic rings. The van der Waals surface area contributed by atoms with Gasteiger partial charge in [0.25, 0.3) is 5.91 Å². The van der Waals surface area contributed by atoms with E-state index < -0.39 is 24.1 Å². The Bertz CT molecular complexity index is 954. The third-order valence-electron chi connectivity index (χ3n) is 3.64. The topological polar surface area (TPSA) is 112 Å². The normalized spacial score (nSPS) is 10.7. The number of rotatable bonds is 8. The molecule has 0 saturated heterocycles. The quantitative estimate of drug-likeness (QED) is 0.425. The zero-order valence-corrected chi connectivity index (χ0v) is 15.2. The Morgan fingerprint density at radius 1 is 1.18 bits per heavy atom. The number of nitrogens with two attached hydrogens (primary N) is 1. The zero-order chi connectivity index (χ0) is 20.7. The highest BCUT2D eigenvalue weighted by atomic mass is 19.1. The van der Waals surface area contributed by atoms with Gasteiger partial charge in [-0.05, 0) is 35.9 Å². The van der Waals surface area contributed by atoms with E-state index in [1.807, 2.05) is 0 Å². The summed E-state index contributed by atoms with van der Waals surface area (Å²) >= 11 is 0. The molecule has 0 aliphatic heterocycles. The summed E-state index contributed by atoms with van der Waals surface area (Å²) in [5.74, 6) is -1.63. The van der Waals surface area contributed by atoms with E-state index in [0.29, 0.717) is 5.56 Å². The molecule has 0 atom stereocenters. The van der Waals surface area contributed by atoms with Gasteiger partial charge < -0.3 is 19.9 Å². The van der Waals surface area contributed by atoms with Gasteiger partial charge in [-0.15, -0.1) is 0 Å². The van der Waals surface area contributed by atoms with Gasteiger partial charge >= 0.3 is 0 Å². The number of ketones is 1. The number of halogens is 1. The van der Waals surface area contributed by atoms with Crippen molar-refractivity contribution in [2.75, 3.05) is 20.8 Å². The standard InChI is InChI=1S/C20H17FN2O5/c1-26-16-8-12(9-17(27-2)20(16)28-11-18(23)24)7-13(10-22)19(25)14-5-3-4-6-15(14)21/h3-9H,11H2,1-2H3,(H2,23,24)/b13-7+. The predicted molar refractivity (Wildman–Crippen MR) is 98.6 cm³/mol. The molecule has 28 heavy (non-hydrogen) atoms. The second-order valence-electron chi connectivity index (χ2n) is 5.49. The molecule has 2 aromatic carbocycles. The van der Waals surface area contributed by atoms with Crippen molar-refractivity contribution in [2.45, 2.75) is 0 Å². The Kier molecular flexibility index (Phi) is 6.71. The summed E-state index contributed by atoms with van der Waals surface area (Å²) in [6.45, 7) is -0.392. The number of allylic oxidation sites excluding steroid dienone is 1. The van der Waals surface area contributed by atoms with Crippen molar-refractivity contribution >= 4 is 17.8 Å². The Hall–Kier alpha value is -3.86. The predicted octanol–water partition coefficient (Wildman–Crippen LogP) is 2.50. The van der Waals surface area contributed by atoms with Gasteiger partial charge in [0.15, 0.2) is 18.1 Å². The summed E-state index contributed by atoms with van der Waals surface area (Å²) in [5.41, 5.74) is 4.96. The number of methoxy groups -OCH3 is 2. The van der Waals surface area contributed by atoms with Crippen molar-refractivity contribution in [1.29, 1.82) is 5.26 Å². The van der Waals surface area contributed by atoms with Gasteiger partial charge in [-0.2, -0.15) is 5.26 Å². The summed E-state index contributed by atoms with van der Waals surface area (Å²) < 4.78 is 29.6. The van der Waals surface area contributed by atoms with E-state index in [1.165, 1.54) is 50.6 Å². The van der Waals surface area contributed by atoms with Crippen LogP contribution in [-0.2, 0) is 4.79 Å². The molecule has 0 heterocycles. The van der Waals surface area contributed by atoms with Crippen molar-refractivity contribution in [3.8, 4) is 23.3 Å². The number of amides is 1. The van der Waals surface area contributed by atoms with E-state index in [0.717, 1.165) is 6.07 Å². The van der Waals surface area contributed by atoms with Crippen molar-refractivity contribution in [3.63, 3.8) is 0 Å². The minimum absolute atomic E-state index is 0.139. The second kappa shape index (κ2) is 9.19. The van der Waals surface area contributed by atoms with Crippen LogP contribution in [-0.4, -0.2) is 32.5 Å². The molecule has 0 radical (unpaired) electrons. The lowest BCUT2D eigenvalue weighted by Crippen LogP contribution is -2.20. The smallest absolute Gasteiger partial charge is 0.255 e. The summed E-state index contributed by atoms with van der Waals surface area (Å²) in [7, 11) is 2.74. The fourth-order valence-electron chi connectivity index (χ4n) is 2.37. The number of carbonyl (C=O) groups is 2. The van der Waals surface area contributed by atoms with E-state index >= 15 is 0 Å². The number of hydrogen-bond donors (Lipinski definition) is 1. The minimum Gasteiger partial charge on any atom is -0.493 e. The molecule has 8 heteroatoms. The third kappa shape index (κ3) is 4.65. The van der Waals surface area contributed by atoms with Gasteiger partial charge in [0, 0.05) is 0 Å². The Balaban J connectivity index is 2.48. The molecule has 0 fully saturated rings. The highest BCUT2D eigenvalue weighted by molar-refractivity contribution is 6.14. The van der Waals surface area contributed by atoms with Crippen LogP contribution in [0.5, 0.6) is 17.2 Å². The summed E-state index contributed by atoms with van der Waals surface area (Å²) in [5, 5.41) is 9.36. The Morgan fingerprint density at radius 3 is 2.29 bits per heavy atom. The van der Waals surface area contributed by atoms with Crippen LogP contribution in [0.4, 0.5) is 4.39 Å². The highest BCUT2D eigenvalue weighted by Crippen LogP contribution is 2.39. The first-order chi connectivity index (χ1) is 13.4. The summed E-state index contributed by atoms with van der Waals surface area (Å²) in [6.07, 6.45) is 1.28. The Morgan fingerprint density at radius 2 is 1.79 bits per heavy atom. The van der Waals surface area contributed by atoms with Gasteiger partial charge in [-0.25, -0.2) is 4.39 Å². The fraction of sp³-hybridized carbons (Fsp3) is 0.150. The van der Waals surface area contributed by atoms with Crippen LogP contribution < -0.4 is 19.9 Å². The molecule has 0 aliphatic carbocycles. The van der Waals surface area contributed by atoms with E-state index in [-0.39, 0.29) is 28.4 Å². The van der Waals surface area contributed by atoms with E-state index in [2.05, 4.69) is 0 Å². The monoisotopic (exact) mass is 384 g/mol. The number of Topliss-reactive ketones (excluding diaryl/α,β-unsaturated/α-hetero) is 1. The maximum Gasteiger partial charge on any atom is 0.255 e. The van der Waals surface area contributed by atoms with Crippen LogP contribution >= 0.6 is 0 Å².